The molecule has 1 aromatic carbocycles. The number of hydrogen-bond donors (Lipinski definition) is 0. The zero-order valence-corrected chi connectivity index (χ0v) is 21.0. The van der Waals surface area contributed by atoms with Gasteiger partial charge >= 0.3 is 0 Å². The highest BCUT2D eigenvalue weighted by Gasteiger charge is 2.37. The number of morpholine rings is 1. The van der Waals surface area contributed by atoms with Gasteiger partial charge in [0.15, 0.2) is 5.69 Å². The van der Waals surface area contributed by atoms with Gasteiger partial charge in [0, 0.05) is 55.4 Å². The first kappa shape index (κ1) is 23.3. The zero-order chi connectivity index (χ0) is 23.8. The summed E-state index contributed by atoms with van der Waals surface area (Å²) in [6.45, 7) is 7.12. The molecule has 9 heteroatoms. The molecule has 0 saturated carbocycles. The molecule has 0 radical (unpaired) electrons. The molecule has 8 nitrogen and oxygen atoms in total. The summed E-state index contributed by atoms with van der Waals surface area (Å²) in [6, 6.07) is 8.12. The van der Waals surface area contributed by atoms with Crippen LogP contribution in [0.4, 0.5) is 0 Å². The minimum absolute atomic E-state index is 0.0611. The molecule has 35 heavy (non-hydrogen) atoms. The Balaban J connectivity index is 1.29. The van der Waals surface area contributed by atoms with Gasteiger partial charge in [-0.05, 0) is 44.2 Å². The Bertz CT molecular complexity index is 1110. The van der Waals surface area contributed by atoms with E-state index in [0.717, 1.165) is 66.9 Å². The maximum atomic E-state index is 13.5. The Hall–Kier alpha value is -2.07. The van der Waals surface area contributed by atoms with Crippen LogP contribution in [0.1, 0.15) is 47.8 Å². The van der Waals surface area contributed by atoms with E-state index < -0.39 is 10.8 Å². The van der Waals surface area contributed by atoms with Crippen LogP contribution in [-0.4, -0.2) is 88.8 Å². The first-order valence-corrected chi connectivity index (χ1v) is 14.3. The monoisotopic (exact) mass is 498 g/mol. The van der Waals surface area contributed by atoms with Gasteiger partial charge in [0.2, 0.25) is 0 Å². The van der Waals surface area contributed by atoms with E-state index in [9.17, 15) is 9.00 Å². The third kappa shape index (κ3) is 4.59. The molecular formula is C26H34N4O4S. The molecule has 0 spiro atoms. The molecule has 1 amide bonds. The maximum absolute atomic E-state index is 13.5. The third-order valence-electron chi connectivity index (χ3n) is 7.96. The molecular weight excluding hydrogens is 464 g/mol. The van der Waals surface area contributed by atoms with Crippen molar-refractivity contribution in [1.29, 1.82) is 0 Å². The lowest BCUT2D eigenvalue weighted by Gasteiger charge is -2.26. The number of hydrogen-bond acceptors (Lipinski definition) is 6. The van der Waals surface area contributed by atoms with E-state index in [1.54, 1.807) is 0 Å². The number of ether oxygens (including phenoxy) is 2. The normalized spacial score (nSPS) is 25.4. The quantitative estimate of drug-likeness (QED) is 0.631. The highest BCUT2D eigenvalue weighted by atomic mass is 32.2. The number of likely N-dealkylation sites (tertiary alicyclic amines) is 1. The number of carbonyl (C=O) groups excluding carboxylic acids is 1. The molecule has 3 fully saturated rings. The van der Waals surface area contributed by atoms with Crippen LogP contribution in [0.25, 0.3) is 11.3 Å². The Morgan fingerprint density at radius 1 is 1.03 bits per heavy atom. The van der Waals surface area contributed by atoms with Gasteiger partial charge in [0.25, 0.3) is 5.91 Å². The van der Waals surface area contributed by atoms with Crippen LogP contribution >= 0.6 is 0 Å². The Morgan fingerprint density at radius 3 is 2.63 bits per heavy atom. The number of amides is 1. The second-order valence-corrected chi connectivity index (χ2v) is 11.5. The second-order valence-electron chi connectivity index (χ2n) is 10.1. The lowest BCUT2D eigenvalue weighted by molar-refractivity contribution is 0.0297. The summed E-state index contributed by atoms with van der Waals surface area (Å²) < 4.78 is 26.2. The summed E-state index contributed by atoms with van der Waals surface area (Å²) in [5.41, 5.74) is 3.28. The van der Waals surface area contributed by atoms with Gasteiger partial charge in [-0.2, -0.15) is 5.10 Å². The van der Waals surface area contributed by atoms with Crippen LogP contribution in [-0.2, 0) is 26.0 Å². The van der Waals surface area contributed by atoms with Crippen molar-refractivity contribution in [2.24, 2.45) is 5.92 Å². The zero-order valence-electron chi connectivity index (χ0n) is 20.2. The molecule has 0 aliphatic carbocycles. The van der Waals surface area contributed by atoms with Gasteiger partial charge in [-0.15, -0.1) is 0 Å². The topological polar surface area (TPSA) is 76.9 Å². The van der Waals surface area contributed by atoms with Crippen LogP contribution in [0.5, 0.6) is 0 Å². The van der Waals surface area contributed by atoms with Crippen molar-refractivity contribution < 1.29 is 18.5 Å². The molecule has 188 valence electrons. The Labute approximate surface area is 209 Å². The summed E-state index contributed by atoms with van der Waals surface area (Å²) in [4.78, 5) is 18.8. The molecule has 0 N–H and O–H groups in total. The minimum Gasteiger partial charge on any atom is -0.381 e. The summed E-state index contributed by atoms with van der Waals surface area (Å²) in [5.74, 6) is 1.05. The van der Waals surface area contributed by atoms with Crippen molar-refractivity contribution in [3.8, 4) is 11.3 Å². The SMILES string of the molecule is O=C(c1nn(C2CCN(CCC3CCOCC3)C2)c2c1CS(=O)c1ccccc1-2)N1CCOCC1. The van der Waals surface area contributed by atoms with Crippen LogP contribution in [0.2, 0.25) is 0 Å². The molecule has 2 unspecified atom stereocenters. The number of rotatable bonds is 5. The summed E-state index contributed by atoms with van der Waals surface area (Å²) in [7, 11) is -1.18. The molecule has 1 aromatic heterocycles. The van der Waals surface area contributed by atoms with Crippen molar-refractivity contribution in [3.05, 3.63) is 35.5 Å². The molecule has 2 aromatic rings. The Kier molecular flexibility index (Phi) is 6.75. The van der Waals surface area contributed by atoms with E-state index >= 15 is 0 Å². The van der Waals surface area contributed by atoms with Gasteiger partial charge < -0.3 is 19.3 Å². The molecule has 4 aliphatic rings. The number of fused-ring (bicyclic) bond motifs is 3. The molecule has 0 bridgehead atoms. The highest BCUT2D eigenvalue weighted by molar-refractivity contribution is 7.84. The summed E-state index contributed by atoms with van der Waals surface area (Å²) in [5, 5.41) is 4.97. The first-order chi connectivity index (χ1) is 17.2. The number of aromatic nitrogens is 2. The average molecular weight is 499 g/mol. The standard InChI is InChI=1S/C26H34N4O4S/c31-26(29-11-15-34-16-12-29)24-22-18-35(32)23-4-2-1-3-21(23)25(22)30(27-24)20-6-10-28(17-20)9-5-19-7-13-33-14-8-19/h1-4,19-20H,5-18H2. The van der Waals surface area contributed by atoms with Gasteiger partial charge in [-0.3, -0.25) is 13.7 Å². The van der Waals surface area contributed by atoms with E-state index in [2.05, 4.69) is 9.58 Å². The highest BCUT2D eigenvalue weighted by Crippen LogP contribution is 2.40. The lowest BCUT2D eigenvalue weighted by Crippen LogP contribution is -2.41. The van der Waals surface area contributed by atoms with Crippen LogP contribution in [0.15, 0.2) is 29.2 Å². The number of carbonyl (C=O) groups is 1. The summed E-state index contributed by atoms with van der Waals surface area (Å²) in [6.07, 6.45) is 4.57. The van der Waals surface area contributed by atoms with Crippen LogP contribution in [0.3, 0.4) is 0 Å². The van der Waals surface area contributed by atoms with Gasteiger partial charge in [0.05, 0.1) is 41.5 Å². The maximum Gasteiger partial charge on any atom is 0.274 e. The van der Waals surface area contributed by atoms with E-state index in [0.29, 0.717) is 37.8 Å². The second kappa shape index (κ2) is 10.1. The van der Waals surface area contributed by atoms with Gasteiger partial charge in [-0.25, -0.2) is 0 Å². The van der Waals surface area contributed by atoms with E-state index in [1.165, 1.54) is 19.3 Å². The lowest BCUT2D eigenvalue weighted by atomic mass is 9.96. The first-order valence-electron chi connectivity index (χ1n) is 13.0. The fourth-order valence-electron chi connectivity index (χ4n) is 5.93. The van der Waals surface area contributed by atoms with Crippen molar-refractivity contribution >= 4 is 16.7 Å². The van der Waals surface area contributed by atoms with E-state index in [1.807, 2.05) is 29.2 Å². The van der Waals surface area contributed by atoms with Gasteiger partial charge in [0.1, 0.15) is 0 Å². The Morgan fingerprint density at radius 2 is 1.80 bits per heavy atom. The predicted molar refractivity (Wildman–Crippen MR) is 133 cm³/mol. The van der Waals surface area contributed by atoms with Crippen LogP contribution < -0.4 is 0 Å². The van der Waals surface area contributed by atoms with Crippen molar-refractivity contribution in [2.45, 2.75) is 42.4 Å². The minimum atomic E-state index is -1.18. The van der Waals surface area contributed by atoms with Crippen LogP contribution in [0, 0.1) is 5.92 Å². The van der Waals surface area contributed by atoms with E-state index in [4.69, 9.17) is 14.6 Å². The number of nitrogens with zero attached hydrogens (tertiary/aromatic N) is 4. The molecule has 5 heterocycles. The van der Waals surface area contributed by atoms with E-state index in [-0.39, 0.29) is 11.9 Å². The summed E-state index contributed by atoms with van der Waals surface area (Å²) >= 11 is 0. The fourth-order valence-corrected chi connectivity index (χ4v) is 7.26. The fraction of sp³-hybridized carbons (Fsp3) is 0.615. The molecule has 2 atom stereocenters. The van der Waals surface area contributed by atoms with Crippen molar-refractivity contribution in [1.82, 2.24) is 19.6 Å². The predicted octanol–water partition coefficient (Wildman–Crippen LogP) is 2.71. The van der Waals surface area contributed by atoms with Crippen molar-refractivity contribution in [2.75, 3.05) is 59.2 Å². The smallest absolute Gasteiger partial charge is 0.274 e. The van der Waals surface area contributed by atoms with Crippen molar-refractivity contribution in [3.63, 3.8) is 0 Å². The average Bonchev–Trinajstić information content (AvgIpc) is 3.53. The molecule has 3 saturated heterocycles. The number of benzene rings is 1. The largest absolute Gasteiger partial charge is 0.381 e. The molecule has 6 rings (SSSR count). The van der Waals surface area contributed by atoms with Gasteiger partial charge in [-0.1, -0.05) is 18.2 Å². The molecule has 4 aliphatic heterocycles. The third-order valence-corrected chi connectivity index (χ3v) is 9.36.